The lowest BCUT2D eigenvalue weighted by Crippen LogP contribution is -2.42. The Morgan fingerprint density at radius 2 is 2.13 bits per heavy atom. The average molecular weight is 448 g/mol. The number of alkyl halides is 1. The number of rotatable bonds is 8. The van der Waals surface area contributed by atoms with Gasteiger partial charge in [0.15, 0.2) is 11.6 Å². The van der Waals surface area contributed by atoms with E-state index in [-0.39, 0.29) is 24.0 Å². The summed E-state index contributed by atoms with van der Waals surface area (Å²) in [4.78, 5) is 25.6. The third-order valence-corrected chi connectivity index (χ3v) is 5.55. The molecule has 1 amide bonds. The Labute approximate surface area is 181 Å². The fourth-order valence-electron chi connectivity index (χ4n) is 2.78. The van der Waals surface area contributed by atoms with Gasteiger partial charge in [0.1, 0.15) is 22.3 Å². The van der Waals surface area contributed by atoms with E-state index in [9.17, 15) is 18.7 Å². The molecule has 31 heavy (non-hydrogen) atoms. The molecule has 0 bridgehead atoms. The summed E-state index contributed by atoms with van der Waals surface area (Å²) in [6.07, 6.45) is 1.65. The predicted molar refractivity (Wildman–Crippen MR) is 115 cm³/mol. The highest BCUT2D eigenvalue weighted by Crippen LogP contribution is 2.30. The molecule has 1 atom stereocenters. The first-order valence-corrected chi connectivity index (χ1v) is 10.7. The normalized spacial score (nSPS) is 15.0. The summed E-state index contributed by atoms with van der Waals surface area (Å²) in [6, 6.07) is 3.12. The molecule has 4 N–H and O–H groups in total. The topological polar surface area (TPSA) is 112 Å². The molecule has 1 fully saturated rings. The van der Waals surface area contributed by atoms with Crippen molar-refractivity contribution in [3.05, 3.63) is 35.2 Å². The quantitative estimate of drug-likeness (QED) is 0.418. The summed E-state index contributed by atoms with van der Waals surface area (Å²) < 4.78 is 28.3. The van der Waals surface area contributed by atoms with Gasteiger partial charge in [-0.2, -0.15) is 0 Å². The van der Waals surface area contributed by atoms with Crippen molar-refractivity contribution >= 4 is 44.9 Å². The van der Waals surface area contributed by atoms with Crippen LogP contribution in [0.3, 0.4) is 0 Å². The maximum atomic E-state index is 14.4. The molecule has 0 spiro atoms. The first kappa shape index (κ1) is 21.3. The third kappa shape index (κ3) is 5.05. The monoisotopic (exact) mass is 448 g/mol. The second-order valence-corrected chi connectivity index (χ2v) is 8.82. The number of nitrogens with one attached hydrogen (secondary N) is 3. The number of amides is 1. The molecule has 0 saturated heterocycles. The lowest BCUT2D eigenvalue weighted by Gasteiger charge is -2.22. The molecule has 1 saturated carbocycles. The molecule has 3 aromatic heterocycles. The number of hydrogen-bond donors (Lipinski definition) is 4. The highest BCUT2D eigenvalue weighted by molar-refractivity contribution is 7.16. The van der Waals surface area contributed by atoms with Gasteiger partial charge in [0, 0.05) is 24.4 Å². The van der Waals surface area contributed by atoms with Crippen molar-refractivity contribution in [1.29, 1.82) is 0 Å². The van der Waals surface area contributed by atoms with Crippen molar-refractivity contribution < 1.29 is 18.7 Å². The zero-order chi connectivity index (χ0) is 22.2. The van der Waals surface area contributed by atoms with Crippen molar-refractivity contribution in [1.82, 2.24) is 20.3 Å². The Hall–Kier alpha value is -2.92. The minimum Gasteiger partial charge on any atom is -0.387 e. The molecule has 1 aliphatic carbocycles. The van der Waals surface area contributed by atoms with E-state index in [0.29, 0.717) is 21.9 Å². The zero-order valence-corrected chi connectivity index (χ0v) is 17.8. The van der Waals surface area contributed by atoms with Crippen LogP contribution in [0.15, 0.2) is 23.8 Å². The van der Waals surface area contributed by atoms with Gasteiger partial charge in [-0.25, -0.2) is 23.7 Å². The molecule has 0 radical (unpaired) electrons. The molecule has 3 aromatic rings. The van der Waals surface area contributed by atoms with Crippen LogP contribution in [-0.4, -0.2) is 50.3 Å². The number of thiazole rings is 1. The smallest absolute Gasteiger partial charge is 0.255 e. The van der Waals surface area contributed by atoms with E-state index in [1.54, 1.807) is 11.6 Å². The van der Waals surface area contributed by atoms with Gasteiger partial charge in [0.05, 0.1) is 28.9 Å². The predicted octanol–water partition coefficient (Wildman–Crippen LogP) is 3.38. The lowest BCUT2D eigenvalue weighted by atomic mass is 10.0. The Morgan fingerprint density at radius 3 is 2.84 bits per heavy atom. The molecule has 1 unspecified atom stereocenters. The Balaban J connectivity index is 1.55. The van der Waals surface area contributed by atoms with E-state index in [0.717, 1.165) is 12.8 Å². The molecule has 0 aliphatic heterocycles. The number of halogens is 2. The molecule has 11 heteroatoms. The molecule has 1 aliphatic rings. The van der Waals surface area contributed by atoms with Crippen molar-refractivity contribution in [2.45, 2.75) is 44.5 Å². The standard InChI is InChI=1S/C20H22F2N6O2S/c1-20(2,30)15(22)8-24-18(29)11-7-23-16(6-13(11)26-10-3-4-10)27-17-12(21)5-14-19(28-17)31-9-25-14/h5-7,9-10,15,30H,3-4,8H2,1-2H3,(H,24,29)(H2,23,26,27,28). The first-order valence-electron chi connectivity index (χ1n) is 9.78. The summed E-state index contributed by atoms with van der Waals surface area (Å²) in [5, 5.41) is 18.3. The lowest BCUT2D eigenvalue weighted by molar-refractivity contribution is -0.00177. The number of fused-ring (bicyclic) bond motifs is 1. The van der Waals surface area contributed by atoms with E-state index in [1.165, 1.54) is 37.4 Å². The molecule has 0 aromatic carbocycles. The van der Waals surface area contributed by atoms with Crippen LogP contribution in [0, 0.1) is 5.82 Å². The zero-order valence-electron chi connectivity index (χ0n) is 16.9. The van der Waals surface area contributed by atoms with Crippen LogP contribution in [-0.2, 0) is 0 Å². The second-order valence-electron chi connectivity index (χ2n) is 7.99. The number of nitrogens with zero attached hydrogens (tertiary/aromatic N) is 3. The van der Waals surface area contributed by atoms with Gasteiger partial charge in [-0.05, 0) is 26.7 Å². The molecular weight excluding hydrogens is 426 g/mol. The fourth-order valence-corrected chi connectivity index (χ4v) is 3.43. The Kier molecular flexibility index (Phi) is 5.71. The number of aromatic nitrogens is 3. The maximum absolute atomic E-state index is 14.4. The maximum Gasteiger partial charge on any atom is 0.255 e. The van der Waals surface area contributed by atoms with Crippen LogP contribution >= 0.6 is 11.3 Å². The molecular formula is C20H22F2N6O2S. The Morgan fingerprint density at radius 1 is 1.35 bits per heavy atom. The molecule has 164 valence electrons. The number of carbonyl (C=O) groups is 1. The van der Waals surface area contributed by atoms with Gasteiger partial charge >= 0.3 is 0 Å². The third-order valence-electron chi connectivity index (χ3n) is 4.82. The Bertz CT molecular complexity index is 1110. The molecule has 8 nitrogen and oxygen atoms in total. The van der Waals surface area contributed by atoms with E-state index in [4.69, 9.17) is 0 Å². The van der Waals surface area contributed by atoms with Crippen LogP contribution in [0.4, 0.5) is 26.1 Å². The first-order chi connectivity index (χ1) is 14.7. The van der Waals surface area contributed by atoms with Crippen molar-refractivity contribution in [3.63, 3.8) is 0 Å². The highest BCUT2D eigenvalue weighted by atomic mass is 32.1. The average Bonchev–Trinajstić information content (AvgIpc) is 3.41. The van der Waals surface area contributed by atoms with Crippen LogP contribution in [0.5, 0.6) is 0 Å². The van der Waals surface area contributed by atoms with E-state index in [1.807, 2.05) is 0 Å². The number of anilines is 3. The van der Waals surface area contributed by atoms with E-state index >= 15 is 0 Å². The summed E-state index contributed by atoms with van der Waals surface area (Å²) >= 11 is 1.29. The van der Waals surface area contributed by atoms with Gasteiger partial charge in [0.2, 0.25) is 0 Å². The van der Waals surface area contributed by atoms with Gasteiger partial charge in [-0.15, -0.1) is 11.3 Å². The summed E-state index contributed by atoms with van der Waals surface area (Å²) in [5.41, 5.74) is 1.22. The van der Waals surface area contributed by atoms with Crippen molar-refractivity contribution in [3.8, 4) is 0 Å². The fraction of sp³-hybridized carbons (Fsp3) is 0.400. The van der Waals surface area contributed by atoms with Crippen LogP contribution in [0.2, 0.25) is 0 Å². The van der Waals surface area contributed by atoms with E-state index < -0.39 is 23.5 Å². The minimum atomic E-state index is -1.62. The highest BCUT2D eigenvalue weighted by Gasteiger charge is 2.28. The number of carbonyl (C=O) groups excluding carboxylic acids is 1. The largest absolute Gasteiger partial charge is 0.387 e. The second kappa shape index (κ2) is 8.31. The van der Waals surface area contributed by atoms with Gasteiger partial charge in [-0.1, -0.05) is 0 Å². The van der Waals surface area contributed by atoms with Crippen LogP contribution in [0.25, 0.3) is 10.3 Å². The van der Waals surface area contributed by atoms with Gasteiger partial charge in [0.25, 0.3) is 5.91 Å². The minimum absolute atomic E-state index is 0.00396. The summed E-state index contributed by atoms with van der Waals surface area (Å²) in [7, 11) is 0. The van der Waals surface area contributed by atoms with Crippen LogP contribution in [0.1, 0.15) is 37.0 Å². The summed E-state index contributed by atoms with van der Waals surface area (Å²) in [5.74, 6) is -0.789. The SMILES string of the molecule is CC(C)(O)C(F)CNC(=O)c1cnc(Nc2nc3scnc3cc2F)cc1NC1CC1. The van der Waals surface area contributed by atoms with Crippen molar-refractivity contribution in [2.24, 2.45) is 0 Å². The summed E-state index contributed by atoms with van der Waals surface area (Å²) in [6.45, 7) is 2.33. The number of pyridine rings is 2. The van der Waals surface area contributed by atoms with E-state index in [2.05, 4.69) is 30.9 Å². The molecule has 3 heterocycles. The van der Waals surface area contributed by atoms with Crippen molar-refractivity contribution in [2.75, 3.05) is 17.2 Å². The molecule has 4 rings (SSSR count). The number of aliphatic hydroxyl groups is 1. The van der Waals surface area contributed by atoms with Gasteiger partial charge < -0.3 is 21.1 Å². The van der Waals surface area contributed by atoms with Crippen LogP contribution < -0.4 is 16.0 Å². The van der Waals surface area contributed by atoms with Gasteiger partial charge in [-0.3, -0.25) is 4.79 Å². The number of hydrogen-bond acceptors (Lipinski definition) is 8.